The van der Waals surface area contributed by atoms with Crippen molar-refractivity contribution < 1.29 is 9.47 Å². The molecule has 1 atom stereocenters. The van der Waals surface area contributed by atoms with E-state index in [1.54, 1.807) is 18.4 Å². The molecule has 2 aromatic rings. The van der Waals surface area contributed by atoms with Crippen LogP contribution in [0.3, 0.4) is 0 Å². The molecule has 3 rings (SSSR count). The highest BCUT2D eigenvalue weighted by atomic mass is 79.9. The van der Waals surface area contributed by atoms with Crippen LogP contribution in [0.4, 0.5) is 0 Å². The SMILES string of the molecule is COc1ccsc1C(Br)c1cc(Br)cc2c1OCC2. The molecule has 0 N–H and O–H groups in total. The van der Waals surface area contributed by atoms with Crippen LogP contribution in [-0.2, 0) is 6.42 Å². The van der Waals surface area contributed by atoms with Crippen LogP contribution in [0.1, 0.15) is 20.8 Å². The van der Waals surface area contributed by atoms with Gasteiger partial charge in [-0.2, -0.15) is 0 Å². The molecule has 1 aromatic heterocycles. The second-order valence-corrected chi connectivity index (χ2v) is 7.08. The molecule has 0 spiro atoms. The minimum absolute atomic E-state index is 0.0896. The highest BCUT2D eigenvalue weighted by molar-refractivity contribution is 9.10. The molecule has 2 nitrogen and oxygen atoms in total. The number of rotatable bonds is 3. The standard InChI is InChI=1S/C14H12Br2O2S/c1-17-11-3-5-19-14(11)12(16)10-7-9(15)6-8-2-4-18-13(8)10/h3,5-7,12H,2,4H2,1H3. The van der Waals surface area contributed by atoms with Crippen molar-refractivity contribution in [2.24, 2.45) is 0 Å². The first-order valence-electron chi connectivity index (χ1n) is 5.91. The van der Waals surface area contributed by atoms with Crippen molar-refractivity contribution in [2.75, 3.05) is 13.7 Å². The van der Waals surface area contributed by atoms with E-state index in [1.165, 1.54) is 10.4 Å². The predicted molar refractivity (Wildman–Crippen MR) is 85.0 cm³/mol. The van der Waals surface area contributed by atoms with Crippen LogP contribution in [0.2, 0.25) is 0 Å². The van der Waals surface area contributed by atoms with E-state index < -0.39 is 0 Å². The third-order valence-corrected chi connectivity index (χ3v) is 5.83. The Labute approximate surface area is 133 Å². The van der Waals surface area contributed by atoms with Crippen molar-refractivity contribution in [3.8, 4) is 11.5 Å². The fourth-order valence-electron chi connectivity index (χ4n) is 2.29. The number of alkyl halides is 1. The molecule has 1 aliphatic heterocycles. The lowest BCUT2D eigenvalue weighted by Crippen LogP contribution is -1.97. The molecule has 0 amide bonds. The van der Waals surface area contributed by atoms with Crippen LogP contribution in [0.25, 0.3) is 0 Å². The molecule has 2 heterocycles. The molecule has 5 heteroatoms. The lowest BCUT2D eigenvalue weighted by atomic mass is 10.0. The summed E-state index contributed by atoms with van der Waals surface area (Å²) >= 11 is 9.05. The number of benzene rings is 1. The van der Waals surface area contributed by atoms with Crippen molar-refractivity contribution >= 4 is 43.2 Å². The molecule has 0 fully saturated rings. The molecule has 1 aliphatic rings. The highest BCUT2D eigenvalue weighted by Gasteiger charge is 2.25. The molecule has 19 heavy (non-hydrogen) atoms. The number of hydrogen-bond donors (Lipinski definition) is 0. The van der Waals surface area contributed by atoms with Crippen LogP contribution in [0, 0.1) is 0 Å². The molecule has 1 unspecified atom stereocenters. The van der Waals surface area contributed by atoms with E-state index in [0.717, 1.165) is 34.6 Å². The highest BCUT2D eigenvalue weighted by Crippen LogP contribution is 2.46. The third-order valence-electron chi connectivity index (χ3n) is 3.16. The van der Waals surface area contributed by atoms with E-state index in [9.17, 15) is 0 Å². The summed E-state index contributed by atoms with van der Waals surface area (Å²) in [6.07, 6.45) is 0.975. The average molecular weight is 404 g/mol. The molecule has 1 aromatic carbocycles. The number of thiophene rings is 1. The molecular weight excluding hydrogens is 392 g/mol. The Bertz CT molecular complexity index is 609. The molecule has 0 saturated carbocycles. The van der Waals surface area contributed by atoms with Crippen LogP contribution in [0.15, 0.2) is 28.1 Å². The number of halogens is 2. The van der Waals surface area contributed by atoms with Crippen LogP contribution < -0.4 is 9.47 Å². The van der Waals surface area contributed by atoms with Gasteiger partial charge in [-0.15, -0.1) is 11.3 Å². The van der Waals surface area contributed by atoms with Crippen LogP contribution in [-0.4, -0.2) is 13.7 Å². The Morgan fingerprint density at radius 3 is 3.05 bits per heavy atom. The van der Waals surface area contributed by atoms with Gasteiger partial charge in [0.05, 0.1) is 23.4 Å². The van der Waals surface area contributed by atoms with Gasteiger partial charge in [-0.25, -0.2) is 0 Å². The maximum atomic E-state index is 5.79. The molecule has 0 bridgehead atoms. The van der Waals surface area contributed by atoms with Gasteiger partial charge < -0.3 is 9.47 Å². The molecule has 100 valence electrons. The van der Waals surface area contributed by atoms with E-state index in [1.807, 2.05) is 11.4 Å². The summed E-state index contributed by atoms with van der Waals surface area (Å²) in [5, 5.41) is 2.04. The predicted octanol–water partition coefficient (Wildman–Crippen LogP) is 4.94. The quantitative estimate of drug-likeness (QED) is 0.675. The first-order chi connectivity index (χ1) is 9.20. The van der Waals surface area contributed by atoms with Crippen LogP contribution in [0.5, 0.6) is 11.5 Å². The normalized spacial score (nSPS) is 14.9. The Balaban J connectivity index is 2.07. The van der Waals surface area contributed by atoms with Gasteiger partial charge in [0, 0.05) is 16.5 Å². The smallest absolute Gasteiger partial charge is 0.134 e. The zero-order chi connectivity index (χ0) is 13.4. The van der Waals surface area contributed by atoms with Gasteiger partial charge in [-0.05, 0) is 29.1 Å². The first kappa shape index (κ1) is 13.5. The van der Waals surface area contributed by atoms with Gasteiger partial charge in [0.1, 0.15) is 11.5 Å². The summed E-state index contributed by atoms with van der Waals surface area (Å²) in [4.78, 5) is 1.25. The molecule has 0 radical (unpaired) electrons. The van der Waals surface area contributed by atoms with E-state index >= 15 is 0 Å². The maximum absolute atomic E-state index is 5.79. The van der Waals surface area contributed by atoms with E-state index in [2.05, 4.69) is 44.0 Å². The van der Waals surface area contributed by atoms with E-state index in [0.29, 0.717) is 0 Å². The number of hydrogen-bond acceptors (Lipinski definition) is 3. The fraction of sp³-hybridized carbons (Fsp3) is 0.286. The number of ether oxygens (including phenoxy) is 2. The zero-order valence-electron chi connectivity index (χ0n) is 10.3. The lowest BCUT2D eigenvalue weighted by molar-refractivity contribution is 0.353. The third kappa shape index (κ3) is 2.43. The van der Waals surface area contributed by atoms with Gasteiger partial charge in [-0.3, -0.25) is 0 Å². The summed E-state index contributed by atoms with van der Waals surface area (Å²) in [5.41, 5.74) is 2.42. The summed E-state index contributed by atoms with van der Waals surface area (Å²) in [5.74, 6) is 1.93. The summed E-state index contributed by atoms with van der Waals surface area (Å²) in [6, 6.07) is 6.24. The monoisotopic (exact) mass is 402 g/mol. The summed E-state index contributed by atoms with van der Waals surface area (Å²) in [6.45, 7) is 0.764. The fourth-order valence-corrected chi connectivity index (χ4v) is 4.55. The number of fused-ring (bicyclic) bond motifs is 1. The largest absolute Gasteiger partial charge is 0.496 e. The Kier molecular flexibility index (Phi) is 3.87. The van der Waals surface area contributed by atoms with Crippen molar-refractivity contribution in [3.05, 3.63) is 44.1 Å². The van der Waals surface area contributed by atoms with E-state index in [-0.39, 0.29) is 4.83 Å². The van der Waals surface area contributed by atoms with Crippen molar-refractivity contribution in [1.29, 1.82) is 0 Å². The van der Waals surface area contributed by atoms with Crippen molar-refractivity contribution in [2.45, 2.75) is 11.2 Å². The summed E-state index contributed by atoms with van der Waals surface area (Å²) < 4.78 is 12.3. The van der Waals surface area contributed by atoms with Crippen LogP contribution >= 0.6 is 43.2 Å². The van der Waals surface area contributed by atoms with E-state index in [4.69, 9.17) is 9.47 Å². The lowest BCUT2D eigenvalue weighted by Gasteiger charge is -2.15. The second kappa shape index (κ2) is 5.46. The average Bonchev–Trinajstić information content (AvgIpc) is 3.04. The Hall–Kier alpha value is -0.520. The Morgan fingerprint density at radius 2 is 2.26 bits per heavy atom. The van der Waals surface area contributed by atoms with Gasteiger partial charge >= 0.3 is 0 Å². The zero-order valence-corrected chi connectivity index (χ0v) is 14.3. The van der Waals surface area contributed by atoms with Gasteiger partial charge in [0.15, 0.2) is 0 Å². The maximum Gasteiger partial charge on any atom is 0.134 e. The van der Waals surface area contributed by atoms with Gasteiger partial charge in [0.2, 0.25) is 0 Å². The molecule has 0 saturated heterocycles. The Morgan fingerprint density at radius 1 is 1.42 bits per heavy atom. The number of methoxy groups -OCH3 is 1. The minimum atomic E-state index is 0.0896. The second-order valence-electron chi connectivity index (χ2n) is 4.30. The first-order valence-corrected chi connectivity index (χ1v) is 8.50. The minimum Gasteiger partial charge on any atom is -0.496 e. The topological polar surface area (TPSA) is 18.5 Å². The summed E-state index contributed by atoms with van der Waals surface area (Å²) in [7, 11) is 1.70. The van der Waals surface area contributed by atoms with Gasteiger partial charge in [-0.1, -0.05) is 31.9 Å². The van der Waals surface area contributed by atoms with Gasteiger partial charge in [0.25, 0.3) is 0 Å². The molecule has 0 aliphatic carbocycles. The molecular formula is C14H12Br2O2S. The van der Waals surface area contributed by atoms with Crippen molar-refractivity contribution in [3.63, 3.8) is 0 Å². The van der Waals surface area contributed by atoms with Crippen molar-refractivity contribution in [1.82, 2.24) is 0 Å².